The molecule has 0 aliphatic carbocycles. The Balaban J connectivity index is 0.00000192. The Labute approximate surface area is 142 Å². The number of benzene rings is 1. The molecule has 0 spiro atoms. The lowest BCUT2D eigenvalue weighted by molar-refractivity contribution is 0.0655. The monoisotopic (exact) mass is 334 g/mol. The van der Waals surface area contributed by atoms with Crippen LogP contribution in [0.25, 0.3) is 11.3 Å². The first-order valence-corrected chi connectivity index (χ1v) is 7.81. The summed E-state index contributed by atoms with van der Waals surface area (Å²) in [6.45, 7) is 3.54. The van der Waals surface area contributed by atoms with Gasteiger partial charge >= 0.3 is 0 Å². The standard InChI is InChI=1S/C17H22N4O.ClH/c1-12(18)14-8-5-9-21(11-14)17(22)16-10-15(19-20-16)13-6-3-2-4-7-13;/h2-4,6-7,10,12,14H,5,8-9,11,18H2,1H3,(H,19,20);1H. The number of piperidine rings is 1. The van der Waals surface area contributed by atoms with Gasteiger partial charge in [0.1, 0.15) is 5.69 Å². The molecule has 5 nitrogen and oxygen atoms in total. The highest BCUT2D eigenvalue weighted by Gasteiger charge is 2.27. The molecule has 0 bridgehead atoms. The SMILES string of the molecule is CC(N)C1CCCN(C(=O)c2cc(-c3ccccc3)n[nH]2)C1.Cl. The van der Waals surface area contributed by atoms with Crippen LogP contribution in [0.1, 0.15) is 30.3 Å². The minimum absolute atomic E-state index is 0. The number of rotatable bonds is 3. The van der Waals surface area contributed by atoms with Crippen LogP contribution in [0.5, 0.6) is 0 Å². The molecule has 1 amide bonds. The van der Waals surface area contributed by atoms with Crippen molar-refractivity contribution in [2.24, 2.45) is 11.7 Å². The summed E-state index contributed by atoms with van der Waals surface area (Å²) >= 11 is 0. The number of hydrogen-bond donors (Lipinski definition) is 2. The molecule has 23 heavy (non-hydrogen) atoms. The van der Waals surface area contributed by atoms with Crippen LogP contribution >= 0.6 is 12.4 Å². The van der Waals surface area contributed by atoms with Gasteiger partial charge in [0.15, 0.2) is 0 Å². The van der Waals surface area contributed by atoms with Gasteiger partial charge in [-0.3, -0.25) is 9.89 Å². The number of aromatic amines is 1. The summed E-state index contributed by atoms with van der Waals surface area (Å²) in [5.74, 6) is 0.397. The van der Waals surface area contributed by atoms with Crippen LogP contribution in [0.4, 0.5) is 0 Å². The zero-order valence-electron chi connectivity index (χ0n) is 13.2. The van der Waals surface area contributed by atoms with Crippen molar-refractivity contribution in [3.05, 3.63) is 42.1 Å². The summed E-state index contributed by atoms with van der Waals surface area (Å²) in [5, 5.41) is 7.13. The van der Waals surface area contributed by atoms with Gasteiger partial charge < -0.3 is 10.6 Å². The van der Waals surface area contributed by atoms with Gasteiger partial charge in [-0.15, -0.1) is 12.4 Å². The number of H-pyrrole nitrogens is 1. The Hall–Kier alpha value is -1.85. The number of carbonyl (C=O) groups excluding carboxylic acids is 1. The lowest BCUT2D eigenvalue weighted by atomic mass is 9.92. The quantitative estimate of drug-likeness (QED) is 0.906. The maximum Gasteiger partial charge on any atom is 0.271 e. The fourth-order valence-corrected chi connectivity index (χ4v) is 2.98. The number of hydrogen-bond acceptors (Lipinski definition) is 3. The lowest BCUT2D eigenvalue weighted by Gasteiger charge is -2.34. The van der Waals surface area contributed by atoms with E-state index in [-0.39, 0.29) is 24.4 Å². The summed E-state index contributed by atoms with van der Waals surface area (Å²) in [6, 6.07) is 11.8. The average Bonchev–Trinajstić information content (AvgIpc) is 3.05. The molecule has 0 radical (unpaired) electrons. The molecule has 2 atom stereocenters. The van der Waals surface area contributed by atoms with E-state index < -0.39 is 0 Å². The van der Waals surface area contributed by atoms with E-state index >= 15 is 0 Å². The summed E-state index contributed by atoms with van der Waals surface area (Å²) in [5.41, 5.74) is 8.34. The van der Waals surface area contributed by atoms with Gasteiger partial charge in [-0.05, 0) is 31.7 Å². The minimum Gasteiger partial charge on any atom is -0.337 e. The fraction of sp³-hybridized carbons (Fsp3) is 0.412. The topological polar surface area (TPSA) is 75.0 Å². The van der Waals surface area contributed by atoms with Crippen LogP contribution in [-0.4, -0.2) is 40.1 Å². The van der Waals surface area contributed by atoms with Gasteiger partial charge in [0.25, 0.3) is 5.91 Å². The molecule has 1 aromatic carbocycles. The van der Waals surface area contributed by atoms with E-state index in [0.29, 0.717) is 11.6 Å². The first-order valence-electron chi connectivity index (χ1n) is 7.81. The highest BCUT2D eigenvalue weighted by molar-refractivity contribution is 5.93. The number of carbonyl (C=O) groups is 1. The van der Waals surface area contributed by atoms with Crippen LogP contribution < -0.4 is 5.73 Å². The van der Waals surface area contributed by atoms with E-state index in [4.69, 9.17) is 5.73 Å². The molecule has 2 aromatic rings. The Kier molecular flexibility index (Phi) is 5.80. The van der Waals surface area contributed by atoms with E-state index in [9.17, 15) is 4.79 Å². The summed E-state index contributed by atoms with van der Waals surface area (Å²) < 4.78 is 0. The van der Waals surface area contributed by atoms with Crippen LogP contribution in [0.2, 0.25) is 0 Å². The normalized spacial score (nSPS) is 19.0. The maximum atomic E-state index is 12.6. The smallest absolute Gasteiger partial charge is 0.271 e. The van der Waals surface area contributed by atoms with Crippen molar-refractivity contribution in [3.8, 4) is 11.3 Å². The Morgan fingerprint density at radius 2 is 2.13 bits per heavy atom. The molecule has 1 aliphatic rings. The van der Waals surface area contributed by atoms with Crippen molar-refractivity contribution >= 4 is 18.3 Å². The number of likely N-dealkylation sites (tertiary alicyclic amines) is 1. The zero-order valence-corrected chi connectivity index (χ0v) is 14.1. The molecule has 3 N–H and O–H groups in total. The number of nitrogens with one attached hydrogen (secondary N) is 1. The Morgan fingerprint density at radius 1 is 1.39 bits per heavy atom. The van der Waals surface area contributed by atoms with Crippen LogP contribution in [0.15, 0.2) is 36.4 Å². The first-order chi connectivity index (χ1) is 10.6. The van der Waals surface area contributed by atoms with Gasteiger partial charge in [-0.25, -0.2) is 0 Å². The third-order valence-electron chi connectivity index (χ3n) is 4.37. The van der Waals surface area contributed by atoms with Crippen molar-refractivity contribution in [3.63, 3.8) is 0 Å². The van der Waals surface area contributed by atoms with Crippen molar-refractivity contribution < 1.29 is 4.79 Å². The summed E-state index contributed by atoms with van der Waals surface area (Å²) in [7, 11) is 0. The highest BCUT2D eigenvalue weighted by atomic mass is 35.5. The van der Waals surface area contributed by atoms with Crippen molar-refractivity contribution in [1.29, 1.82) is 0 Å². The van der Waals surface area contributed by atoms with E-state index in [1.165, 1.54) is 0 Å². The van der Waals surface area contributed by atoms with Gasteiger partial charge in [0, 0.05) is 24.7 Å². The average molecular weight is 335 g/mol. The molecule has 0 saturated carbocycles. The summed E-state index contributed by atoms with van der Waals surface area (Å²) in [6.07, 6.45) is 2.11. The second-order valence-electron chi connectivity index (χ2n) is 6.05. The molecule has 1 aromatic heterocycles. The van der Waals surface area contributed by atoms with Crippen molar-refractivity contribution in [2.75, 3.05) is 13.1 Å². The molecule has 1 saturated heterocycles. The molecular formula is C17H23ClN4O. The largest absolute Gasteiger partial charge is 0.337 e. The second kappa shape index (κ2) is 7.62. The zero-order chi connectivity index (χ0) is 15.5. The molecule has 1 aliphatic heterocycles. The molecule has 1 fully saturated rings. The van der Waals surface area contributed by atoms with Crippen molar-refractivity contribution in [2.45, 2.75) is 25.8 Å². The Morgan fingerprint density at radius 3 is 2.83 bits per heavy atom. The number of nitrogens with zero attached hydrogens (tertiary/aromatic N) is 2. The predicted octanol–water partition coefficient (Wildman–Crippen LogP) is 2.70. The van der Waals surface area contributed by atoms with Crippen LogP contribution in [0.3, 0.4) is 0 Å². The number of amides is 1. The van der Waals surface area contributed by atoms with E-state index in [2.05, 4.69) is 10.2 Å². The minimum atomic E-state index is 0. The van der Waals surface area contributed by atoms with Gasteiger partial charge in [0.05, 0.1) is 5.69 Å². The molecule has 124 valence electrons. The van der Waals surface area contributed by atoms with Gasteiger partial charge in [-0.1, -0.05) is 30.3 Å². The highest BCUT2D eigenvalue weighted by Crippen LogP contribution is 2.22. The van der Waals surface area contributed by atoms with E-state index in [1.54, 1.807) is 0 Å². The third-order valence-corrected chi connectivity index (χ3v) is 4.37. The molecule has 3 rings (SSSR count). The molecule has 2 unspecified atom stereocenters. The second-order valence-corrected chi connectivity index (χ2v) is 6.05. The van der Waals surface area contributed by atoms with E-state index in [0.717, 1.165) is 37.2 Å². The maximum absolute atomic E-state index is 12.6. The fourth-order valence-electron chi connectivity index (χ4n) is 2.98. The number of nitrogens with two attached hydrogens (primary N) is 1. The molecule has 2 heterocycles. The van der Waals surface area contributed by atoms with E-state index in [1.807, 2.05) is 48.2 Å². The molecular weight excluding hydrogens is 312 g/mol. The number of aromatic nitrogens is 2. The third kappa shape index (κ3) is 3.92. The lowest BCUT2D eigenvalue weighted by Crippen LogP contribution is -2.45. The van der Waals surface area contributed by atoms with Crippen LogP contribution in [0, 0.1) is 5.92 Å². The Bertz CT molecular complexity index is 641. The van der Waals surface area contributed by atoms with Crippen LogP contribution in [-0.2, 0) is 0 Å². The summed E-state index contributed by atoms with van der Waals surface area (Å²) in [4.78, 5) is 14.5. The first kappa shape index (κ1) is 17.5. The van der Waals surface area contributed by atoms with Gasteiger partial charge in [0.2, 0.25) is 0 Å². The molecule has 6 heteroatoms. The van der Waals surface area contributed by atoms with Crippen molar-refractivity contribution in [1.82, 2.24) is 15.1 Å². The predicted molar refractivity (Wildman–Crippen MR) is 93.5 cm³/mol. The van der Waals surface area contributed by atoms with Gasteiger partial charge in [-0.2, -0.15) is 5.10 Å². The number of halogens is 1.